The second kappa shape index (κ2) is 17.8. The lowest BCUT2D eigenvalue weighted by molar-refractivity contribution is 0.394. The smallest absolute Gasteiger partial charge is 0.251 e. The van der Waals surface area contributed by atoms with Crippen molar-refractivity contribution in [1.29, 1.82) is 0 Å². The van der Waals surface area contributed by atoms with Crippen LogP contribution in [0.2, 0.25) is 72.5 Å². The van der Waals surface area contributed by atoms with Crippen molar-refractivity contribution >= 4 is 99.7 Å². The van der Waals surface area contributed by atoms with Gasteiger partial charge in [0.1, 0.15) is 23.0 Å². The summed E-state index contributed by atoms with van der Waals surface area (Å²) in [6, 6.07) is 27.6. The first-order chi connectivity index (χ1) is 33.0. The molecule has 2 aliphatic carbocycles. The van der Waals surface area contributed by atoms with Crippen molar-refractivity contribution < 1.29 is 17.7 Å². The fourth-order valence-corrected chi connectivity index (χ4v) is 20.4. The second-order valence-electron chi connectivity index (χ2n) is 27.5. The van der Waals surface area contributed by atoms with E-state index in [1.54, 1.807) is 0 Å². The van der Waals surface area contributed by atoms with Crippen LogP contribution in [0.5, 0.6) is 23.0 Å². The van der Waals surface area contributed by atoms with E-state index >= 15 is 0 Å². The van der Waals surface area contributed by atoms with E-state index in [2.05, 4.69) is 248 Å². The summed E-state index contributed by atoms with van der Waals surface area (Å²) in [7, 11) is -8.90. The fraction of sp³-hybridized carbons (Fsp3) is 0.500. The van der Waals surface area contributed by atoms with Crippen LogP contribution in [0.3, 0.4) is 0 Å². The van der Waals surface area contributed by atoms with E-state index < -0.39 is 33.3 Å². The predicted molar refractivity (Wildman–Crippen MR) is 325 cm³/mol. The molecule has 386 valence electrons. The topological polar surface area (TPSA) is 36.9 Å². The molecule has 2 aliphatic rings. The Bertz CT molecular complexity index is 3210. The van der Waals surface area contributed by atoms with E-state index in [1.807, 2.05) is 0 Å². The minimum absolute atomic E-state index is 0.0625. The number of hydrogen-bond acceptors (Lipinski definition) is 4. The van der Waals surface area contributed by atoms with Gasteiger partial charge in [-0.1, -0.05) is 135 Å². The highest BCUT2D eigenvalue weighted by Crippen LogP contribution is 2.49. The molecule has 0 amide bonds. The van der Waals surface area contributed by atoms with Crippen LogP contribution in [-0.2, 0) is 0 Å². The summed E-state index contributed by atoms with van der Waals surface area (Å²) in [4.78, 5) is 0. The monoisotopic (exact) mass is 1030 g/mol. The first-order valence-electron chi connectivity index (χ1n) is 27.3. The highest BCUT2D eigenvalue weighted by Gasteiger charge is 2.48. The Balaban J connectivity index is 1.49. The van der Waals surface area contributed by atoms with Gasteiger partial charge in [0.2, 0.25) is 0 Å². The standard InChI is InChI=1S/C64H90O4Si4/c1-39(2)61(9,10)69(17,18)65-43-25-29-47-49-31-27-45(67-71(21,22)63(13,14)41(5)6)35-53(49)59-55(51(47)33-43)37-57-58(59)38-56-52-34-44(66-70(19,20)62(11,12)40(3)4)26-30-48(52)50-32-28-46(36-54(50)60(56)57)68-72(23,24)64(15,16)42(7)8/h25-42H,1-24H3. The zero-order valence-electron chi connectivity index (χ0n) is 49.0. The highest BCUT2D eigenvalue weighted by molar-refractivity contribution is 6.76. The molecule has 8 rings (SSSR count). The predicted octanol–water partition coefficient (Wildman–Crippen LogP) is 17.0. The van der Waals surface area contributed by atoms with Crippen LogP contribution < -0.4 is 38.6 Å². The Morgan fingerprint density at radius 1 is 0.306 bits per heavy atom. The SMILES string of the molecule is CC(C)C(C)(C)[Si](C)(C)Oc1ccc2c(c1)c1c(c3cc(O[Si](C)(C)C(C)(C)C(C)C)ccc32)=C2C=c3c(c4cc(O[Si](C)(C)C(C)(C)C(C)C)ccc4c4ccc(O[Si](C)(C)C(C)(C)C(C)C)cc34)=C2C=1. The van der Waals surface area contributed by atoms with Crippen molar-refractivity contribution in [3.05, 3.63) is 93.7 Å². The minimum atomic E-state index is -2.24. The molecule has 8 heteroatoms. The van der Waals surface area contributed by atoms with Gasteiger partial charge in [0.05, 0.1) is 0 Å². The average Bonchev–Trinajstić information content (AvgIpc) is 3.83. The number of hydrogen-bond donors (Lipinski definition) is 0. The molecule has 0 bridgehead atoms. The van der Waals surface area contributed by atoms with E-state index in [4.69, 9.17) is 17.7 Å². The van der Waals surface area contributed by atoms with Gasteiger partial charge >= 0.3 is 0 Å². The summed E-state index contributed by atoms with van der Waals surface area (Å²) in [5.74, 6) is 5.79. The van der Waals surface area contributed by atoms with Crippen molar-refractivity contribution in [3.63, 3.8) is 0 Å². The van der Waals surface area contributed by atoms with Crippen molar-refractivity contribution in [2.45, 2.75) is 183 Å². The van der Waals surface area contributed by atoms with Crippen molar-refractivity contribution in [3.8, 4) is 23.0 Å². The van der Waals surface area contributed by atoms with Crippen molar-refractivity contribution in [2.75, 3.05) is 0 Å². The summed E-state index contributed by atoms with van der Waals surface area (Å²) in [6.45, 7) is 56.9. The van der Waals surface area contributed by atoms with Gasteiger partial charge in [-0.3, -0.25) is 0 Å². The van der Waals surface area contributed by atoms with Crippen LogP contribution in [0.15, 0.2) is 72.8 Å². The average molecular weight is 1040 g/mol. The van der Waals surface area contributed by atoms with Crippen LogP contribution >= 0.6 is 0 Å². The molecule has 0 spiro atoms. The lowest BCUT2D eigenvalue weighted by Gasteiger charge is -2.42. The Morgan fingerprint density at radius 2 is 0.514 bits per heavy atom. The lowest BCUT2D eigenvalue weighted by atomic mass is 9.96. The molecule has 0 radical (unpaired) electrons. The van der Waals surface area contributed by atoms with Gasteiger partial charge in [0.25, 0.3) is 33.3 Å². The third kappa shape index (κ3) is 8.58. The van der Waals surface area contributed by atoms with E-state index in [0.29, 0.717) is 23.7 Å². The van der Waals surface area contributed by atoms with E-state index in [1.165, 1.54) is 75.1 Å². The van der Waals surface area contributed by atoms with Gasteiger partial charge in [-0.25, -0.2) is 0 Å². The van der Waals surface area contributed by atoms with Gasteiger partial charge in [0, 0.05) is 0 Å². The minimum Gasteiger partial charge on any atom is -0.543 e. The quantitative estimate of drug-likeness (QED) is 0.0715. The molecule has 0 aliphatic heterocycles. The zero-order chi connectivity index (χ0) is 53.4. The summed E-state index contributed by atoms with van der Waals surface area (Å²) in [6.07, 6.45) is 5.02. The highest BCUT2D eigenvalue weighted by atomic mass is 28.4. The van der Waals surface area contributed by atoms with Crippen molar-refractivity contribution in [1.82, 2.24) is 0 Å². The maximum Gasteiger partial charge on any atom is 0.251 e. The van der Waals surface area contributed by atoms with Crippen LogP contribution in [0.25, 0.3) is 66.4 Å². The third-order valence-corrected chi connectivity index (χ3v) is 38.8. The molecule has 0 saturated carbocycles. The summed E-state index contributed by atoms with van der Waals surface area (Å²) in [5.41, 5.74) is 2.53. The van der Waals surface area contributed by atoms with E-state index in [0.717, 1.165) is 23.0 Å². The maximum absolute atomic E-state index is 7.27. The van der Waals surface area contributed by atoms with Crippen LogP contribution in [0.4, 0.5) is 0 Å². The molecule has 0 heterocycles. The molecule has 4 nitrogen and oxygen atoms in total. The maximum atomic E-state index is 7.27. The van der Waals surface area contributed by atoms with Crippen LogP contribution in [-0.4, -0.2) is 33.3 Å². The normalized spacial score (nSPS) is 15.1. The summed E-state index contributed by atoms with van der Waals surface area (Å²) < 4.78 is 29.0. The number of fused-ring (bicyclic) bond motifs is 13. The van der Waals surface area contributed by atoms with Gasteiger partial charge in [-0.05, 0) is 232 Å². The van der Waals surface area contributed by atoms with Gasteiger partial charge in [-0.15, -0.1) is 0 Å². The molecule has 0 unspecified atom stereocenters. The van der Waals surface area contributed by atoms with Gasteiger partial charge in [-0.2, -0.15) is 0 Å². The fourth-order valence-electron chi connectivity index (χ4n) is 10.9. The molecule has 72 heavy (non-hydrogen) atoms. The number of rotatable bonds is 16. The number of benzene rings is 6. The van der Waals surface area contributed by atoms with E-state index in [9.17, 15) is 0 Å². The first-order valence-corrected chi connectivity index (χ1v) is 38.9. The molecule has 6 aromatic carbocycles. The molecule has 0 saturated heterocycles. The Kier molecular flexibility index (Phi) is 13.4. The molecule has 0 fully saturated rings. The third-order valence-electron chi connectivity index (χ3n) is 21.1. The largest absolute Gasteiger partial charge is 0.543 e. The molecule has 6 aromatic rings. The first kappa shape index (κ1) is 54.2. The summed E-state index contributed by atoms with van der Waals surface area (Å²) in [5, 5.41) is 15.2. The Hall–Kier alpha value is -4.09. The van der Waals surface area contributed by atoms with E-state index in [-0.39, 0.29) is 20.2 Å². The van der Waals surface area contributed by atoms with Crippen molar-refractivity contribution in [2.24, 2.45) is 23.7 Å². The van der Waals surface area contributed by atoms with Gasteiger partial charge in [0.15, 0.2) is 0 Å². The molecule has 0 aromatic heterocycles. The molecular weight excluding hydrogens is 945 g/mol. The second-order valence-corrected chi connectivity index (χ2v) is 45.5. The molecule has 0 N–H and O–H groups in total. The lowest BCUT2D eigenvalue weighted by Crippen LogP contribution is -2.48. The zero-order valence-corrected chi connectivity index (χ0v) is 53.0. The Labute approximate surface area is 438 Å². The van der Waals surface area contributed by atoms with Crippen LogP contribution in [0, 0.1) is 23.7 Å². The summed E-state index contributed by atoms with van der Waals surface area (Å²) >= 11 is 0. The molecule has 0 atom stereocenters. The Morgan fingerprint density at radius 3 is 0.736 bits per heavy atom. The molecular formula is C64H90O4Si4. The van der Waals surface area contributed by atoms with Crippen LogP contribution in [0.1, 0.15) is 111 Å². The van der Waals surface area contributed by atoms with Gasteiger partial charge < -0.3 is 17.7 Å².